The zero-order valence-corrected chi connectivity index (χ0v) is 13.6. The van der Waals surface area contributed by atoms with E-state index in [4.69, 9.17) is 15.6 Å². The van der Waals surface area contributed by atoms with E-state index in [1.54, 1.807) is 0 Å². The van der Waals surface area contributed by atoms with Crippen LogP contribution in [0, 0.1) is 0 Å². The molecule has 3 rings (SSSR count). The number of Topliss-reactive ketones (excluding diaryl/α,β-unsaturated/α-hetero) is 2. The number of ketones is 2. The van der Waals surface area contributed by atoms with Crippen molar-refractivity contribution in [2.24, 2.45) is 0 Å². The molecule has 1 aliphatic rings. The number of nitrogens with zero attached hydrogens (tertiary/aromatic N) is 4. The number of rotatable bonds is 3. The fourth-order valence-electron chi connectivity index (χ4n) is 2.17. The third kappa shape index (κ3) is 3.79. The Labute approximate surface area is 142 Å². The molecule has 0 aliphatic carbocycles. The lowest BCUT2D eigenvalue weighted by atomic mass is 10.1. The number of fused-ring (bicyclic) bond motifs is 1. The van der Waals surface area contributed by atoms with E-state index in [2.05, 4.69) is 15.0 Å². The summed E-state index contributed by atoms with van der Waals surface area (Å²) in [6.45, 7) is 2.11. The molecule has 3 heterocycles. The topological polar surface area (TPSA) is 174 Å². The Kier molecular flexibility index (Phi) is 5.74. The van der Waals surface area contributed by atoms with Crippen molar-refractivity contribution in [3.63, 3.8) is 0 Å². The molecule has 1 saturated heterocycles. The normalized spacial score (nSPS) is 25.5. The van der Waals surface area contributed by atoms with Gasteiger partial charge in [0.15, 0.2) is 29.3 Å². The van der Waals surface area contributed by atoms with Crippen LogP contribution in [0.4, 0.5) is 5.82 Å². The number of nitrogens with two attached hydrogens (primary N) is 1. The summed E-state index contributed by atoms with van der Waals surface area (Å²) in [6, 6.07) is 0. The van der Waals surface area contributed by atoms with E-state index in [0.717, 1.165) is 0 Å². The Morgan fingerprint density at radius 3 is 2.36 bits per heavy atom. The SMILES string of the molecule is CC(=O)C(C)=O.Nc1ncnc2c1ncn2[C@@H]1O[C@H](CO)[C@@H](O)[C@H]1O. The standard InChI is InChI=1S/C10H13N5O4.C4H6O2/c11-8-5-9(13-2-12-8)15(3-14-5)10-7(18)6(17)4(1-16)19-10;1-3(5)4(2)6/h2-4,6-7,10,16-18H,1H2,(H2,11,12,13);1-2H3/t4-,6-,7-,10-;/m1./s1. The van der Waals surface area contributed by atoms with Gasteiger partial charge in [0, 0.05) is 13.8 Å². The minimum absolute atomic E-state index is 0.218. The van der Waals surface area contributed by atoms with E-state index in [1.807, 2.05) is 0 Å². The summed E-state index contributed by atoms with van der Waals surface area (Å²) < 4.78 is 6.85. The van der Waals surface area contributed by atoms with E-state index in [0.29, 0.717) is 11.2 Å². The van der Waals surface area contributed by atoms with E-state index in [1.165, 1.54) is 31.1 Å². The molecule has 2 aromatic rings. The third-order valence-electron chi connectivity index (χ3n) is 3.67. The van der Waals surface area contributed by atoms with Crippen LogP contribution in [0.2, 0.25) is 0 Å². The highest BCUT2D eigenvalue weighted by atomic mass is 16.6. The zero-order chi connectivity index (χ0) is 18.7. The molecule has 136 valence electrons. The summed E-state index contributed by atoms with van der Waals surface area (Å²) in [5.41, 5.74) is 6.44. The first-order valence-electron chi connectivity index (χ1n) is 7.34. The molecule has 0 radical (unpaired) electrons. The maximum Gasteiger partial charge on any atom is 0.195 e. The van der Waals surface area contributed by atoms with Crippen molar-refractivity contribution in [2.45, 2.75) is 38.4 Å². The Morgan fingerprint density at radius 2 is 1.84 bits per heavy atom. The molecule has 0 aromatic carbocycles. The van der Waals surface area contributed by atoms with E-state index < -0.39 is 31.1 Å². The Hall–Kier alpha value is -2.47. The fourth-order valence-corrected chi connectivity index (χ4v) is 2.17. The number of carbonyl (C=O) groups is 2. The predicted octanol–water partition coefficient (Wildman–Crippen LogP) is -1.82. The van der Waals surface area contributed by atoms with Crippen LogP contribution < -0.4 is 5.73 Å². The number of hydrogen-bond acceptors (Lipinski definition) is 10. The number of carbonyl (C=O) groups excluding carboxylic acids is 2. The first kappa shape index (κ1) is 18.9. The highest BCUT2D eigenvalue weighted by molar-refractivity contribution is 6.35. The molecule has 11 heteroatoms. The number of ether oxygens (including phenoxy) is 1. The highest BCUT2D eigenvalue weighted by Gasteiger charge is 2.43. The molecule has 0 spiro atoms. The van der Waals surface area contributed by atoms with Crippen molar-refractivity contribution in [1.29, 1.82) is 0 Å². The summed E-state index contributed by atoms with van der Waals surface area (Å²) in [5.74, 6) is -0.541. The summed E-state index contributed by atoms with van der Waals surface area (Å²) in [5, 5.41) is 28.7. The van der Waals surface area contributed by atoms with Crippen molar-refractivity contribution in [2.75, 3.05) is 12.3 Å². The maximum absolute atomic E-state index is 9.95. The molecule has 11 nitrogen and oxygen atoms in total. The van der Waals surface area contributed by atoms with Gasteiger partial charge in [-0.15, -0.1) is 0 Å². The second kappa shape index (κ2) is 7.61. The van der Waals surface area contributed by atoms with Gasteiger partial charge in [0.2, 0.25) is 0 Å². The van der Waals surface area contributed by atoms with Gasteiger partial charge in [0.05, 0.1) is 12.9 Å². The minimum Gasteiger partial charge on any atom is -0.394 e. The highest BCUT2D eigenvalue weighted by Crippen LogP contribution is 2.31. The molecule has 0 amide bonds. The summed E-state index contributed by atoms with van der Waals surface area (Å²) in [6.07, 6.45) is -1.42. The van der Waals surface area contributed by atoms with Gasteiger partial charge >= 0.3 is 0 Å². The molecule has 2 aromatic heterocycles. The number of aromatic nitrogens is 4. The molecule has 1 fully saturated rings. The second-order valence-electron chi connectivity index (χ2n) is 5.42. The average molecular weight is 353 g/mol. The van der Waals surface area contributed by atoms with Crippen molar-refractivity contribution in [3.8, 4) is 0 Å². The monoisotopic (exact) mass is 353 g/mol. The fraction of sp³-hybridized carbons (Fsp3) is 0.500. The molecule has 0 unspecified atom stereocenters. The van der Waals surface area contributed by atoms with Crippen LogP contribution in [-0.4, -0.2) is 71.3 Å². The molecule has 0 bridgehead atoms. The van der Waals surface area contributed by atoms with Crippen LogP contribution >= 0.6 is 0 Å². The van der Waals surface area contributed by atoms with Gasteiger partial charge < -0.3 is 25.8 Å². The lowest BCUT2D eigenvalue weighted by Crippen LogP contribution is -2.33. The van der Waals surface area contributed by atoms with Crippen LogP contribution in [0.15, 0.2) is 12.7 Å². The van der Waals surface area contributed by atoms with Gasteiger partial charge in [-0.2, -0.15) is 0 Å². The largest absolute Gasteiger partial charge is 0.394 e. The number of aliphatic hydroxyl groups excluding tert-OH is 3. The molecule has 5 N–H and O–H groups in total. The molecule has 1 aliphatic heterocycles. The van der Waals surface area contributed by atoms with Crippen molar-refractivity contribution in [1.82, 2.24) is 19.5 Å². The van der Waals surface area contributed by atoms with Gasteiger partial charge in [-0.1, -0.05) is 0 Å². The second-order valence-corrected chi connectivity index (χ2v) is 5.42. The predicted molar refractivity (Wildman–Crippen MR) is 84.1 cm³/mol. The number of nitrogen functional groups attached to an aromatic ring is 1. The van der Waals surface area contributed by atoms with Gasteiger partial charge in [-0.3, -0.25) is 14.2 Å². The van der Waals surface area contributed by atoms with Crippen molar-refractivity contribution < 1.29 is 29.6 Å². The lowest BCUT2D eigenvalue weighted by Gasteiger charge is -2.16. The van der Waals surface area contributed by atoms with Gasteiger partial charge in [0.25, 0.3) is 0 Å². The van der Waals surface area contributed by atoms with Gasteiger partial charge in [-0.25, -0.2) is 15.0 Å². The summed E-state index contributed by atoms with van der Waals surface area (Å²) in [4.78, 5) is 31.5. The van der Waals surface area contributed by atoms with Gasteiger partial charge in [-0.05, 0) is 0 Å². The summed E-state index contributed by atoms with van der Waals surface area (Å²) in [7, 11) is 0. The smallest absolute Gasteiger partial charge is 0.195 e. The zero-order valence-electron chi connectivity index (χ0n) is 13.6. The first-order chi connectivity index (χ1) is 11.8. The third-order valence-corrected chi connectivity index (χ3v) is 3.67. The van der Waals surface area contributed by atoms with Gasteiger partial charge in [0.1, 0.15) is 30.2 Å². The molecular formula is C14H19N5O6. The average Bonchev–Trinajstić information content (AvgIpc) is 3.11. The van der Waals surface area contributed by atoms with E-state index in [9.17, 15) is 19.8 Å². The lowest BCUT2D eigenvalue weighted by molar-refractivity contribution is -0.134. The number of hydrogen-bond donors (Lipinski definition) is 4. The van der Waals surface area contributed by atoms with E-state index in [-0.39, 0.29) is 17.4 Å². The van der Waals surface area contributed by atoms with Crippen LogP contribution in [-0.2, 0) is 14.3 Å². The Bertz CT molecular complexity index is 766. The minimum atomic E-state index is -1.19. The van der Waals surface area contributed by atoms with E-state index >= 15 is 0 Å². The molecule has 0 saturated carbocycles. The maximum atomic E-state index is 9.95. The van der Waals surface area contributed by atoms with Crippen molar-refractivity contribution >= 4 is 28.5 Å². The number of anilines is 1. The Balaban J connectivity index is 0.000000326. The quantitative estimate of drug-likeness (QED) is 0.460. The number of aliphatic hydroxyl groups is 3. The first-order valence-corrected chi connectivity index (χ1v) is 7.34. The molecule has 25 heavy (non-hydrogen) atoms. The number of imidazole rings is 1. The molecule has 4 atom stereocenters. The summed E-state index contributed by atoms with van der Waals surface area (Å²) >= 11 is 0. The molecular weight excluding hydrogens is 334 g/mol. The van der Waals surface area contributed by atoms with Crippen molar-refractivity contribution in [3.05, 3.63) is 12.7 Å². The van der Waals surface area contributed by atoms with Crippen LogP contribution in [0.25, 0.3) is 11.2 Å². The Morgan fingerprint density at radius 1 is 1.20 bits per heavy atom. The van der Waals surface area contributed by atoms with Crippen LogP contribution in [0.1, 0.15) is 20.1 Å². The van der Waals surface area contributed by atoms with Crippen LogP contribution in [0.3, 0.4) is 0 Å². The van der Waals surface area contributed by atoms with Crippen LogP contribution in [0.5, 0.6) is 0 Å².